The van der Waals surface area contributed by atoms with Crippen LogP contribution in [-0.4, -0.2) is 18.5 Å². The van der Waals surface area contributed by atoms with E-state index in [9.17, 15) is 13.2 Å². The Morgan fingerprint density at radius 1 is 1.19 bits per heavy atom. The number of likely N-dealkylation sites (N-methyl/N-ethyl adjacent to an activating group) is 1. The van der Waals surface area contributed by atoms with Crippen LogP contribution in [0.3, 0.4) is 0 Å². The van der Waals surface area contributed by atoms with Crippen molar-refractivity contribution >= 4 is 33.8 Å². The second-order valence-electron chi connectivity index (χ2n) is 7.06. The third kappa shape index (κ3) is 6.35. The fourth-order valence-electron chi connectivity index (χ4n) is 2.37. The predicted molar refractivity (Wildman–Crippen MR) is 107 cm³/mol. The number of nitrogens with zero attached hydrogens (tertiary/aromatic N) is 1. The third-order valence-electron chi connectivity index (χ3n) is 3.49. The van der Waals surface area contributed by atoms with Gasteiger partial charge < -0.3 is 0 Å². The van der Waals surface area contributed by atoms with E-state index in [1.54, 1.807) is 12.1 Å². The van der Waals surface area contributed by atoms with E-state index >= 15 is 0 Å². The lowest BCUT2D eigenvalue weighted by Gasteiger charge is -2.15. The molecule has 0 radical (unpaired) electrons. The highest BCUT2D eigenvalue weighted by Gasteiger charge is 2.33. The molecule has 0 atom stereocenters. The molecule has 0 aliphatic heterocycles. The molecule has 1 heterocycles. The van der Waals surface area contributed by atoms with Gasteiger partial charge in [-0.05, 0) is 39.5 Å². The van der Waals surface area contributed by atoms with Crippen molar-refractivity contribution in [1.29, 1.82) is 0 Å². The smallest absolute Gasteiger partial charge is 0.298 e. The number of benzene rings is 1. The molecular formula is C20H23ClF3NS. The molecule has 0 N–H and O–H groups in total. The van der Waals surface area contributed by atoms with E-state index in [0.717, 1.165) is 16.9 Å². The highest BCUT2D eigenvalue weighted by molar-refractivity contribution is 7.17. The summed E-state index contributed by atoms with van der Waals surface area (Å²) in [6.45, 7) is 7.43. The van der Waals surface area contributed by atoms with Crippen molar-refractivity contribution in [2.24, 2.45) is 5.41 Å². The molecule has 0 saturated heterocycles. The number of allylic oxidation sites excluding steroid dienone is 1. The van der Waals surface area contributed by atoms with E-state index in [1.165, 1.54) is 5.38 Å². The fraction of sp³-hybridized carbons (Fsp3) is 0.400. The molecule has 6 heteroatoms. The van der Waals surface area contributed by atoms with Crippen molar-refractivity contribution in [3.05, 3.63) is 46.9 Å². The number of fused-ring (bicyclic) bond motifs is 1. The average molecular weight is 402 g/mol. The minimum Gasteiger partial charge on any atom is -0.298 e. The first-order chi connectivity index (χ1) is 11.6. The van der Waals surface area contributed by atoms with Crippen molar-refractivity contribution in [3.63, 3.8) is 0 Å². The number of hydrogen-bond donors (Lipinski definition) is 0. The summed E-state index contributed by atoms with van der Waals surface area (Å²) in [5.74, 6) is 6.14. The van der Waals surface area contributed by atoms with E-state index in [2.05, 4.69) is 37.5 Å². The Morgan fingerprint density at radius 2 is 1.88 bits per heavy atom. The second kappa shape index (κ2) is 8.94. The van der Waals surface area contributed by atoms with Gasteiger partial charge in [0.1, 0.15) is 0 Å². The molecule has 0 aliphatic carbocycles. The van der Waals surface area contributed by atoms with Crippen molar-refractivity contribution < 1.29 is 13.2 Å². The molecule has 0 saturated carbocycles. The van der Waals surface area contributed by atoms with Crippen molar-refractivity contribution in [2.45, 2.75) is 33.5 Å². The van der Waals surface area contributed by atoms with Gasteiger partial charge in [0.25, 0.3) is 0 Å². The predicted octanol–water partition coefficient (Wildman–Crippen LogP) is 6.38. The van der Waals surface area contributed by atoms with E-state index in [1.807, 2.05) is 25.3 Å². The monoisotopic (exact) mass is 401 g/mol. The topological polar surface area (TPSA) is 3.24 Å². The summed E-state index contributed by atoms with van der Waals surface area (Å²) in [7, 11) is 1.94. The van der Waals surface area contributed by atoms with E-state index < -0.39 is 11.7 Å². The molecule has 2 rings (SSSR count). The largest absolute Gasteiger partial charge is 0.417 e. The molecule has 0 spiro atoms. The quantitative estimate of drug-likeness (QED) is 0.537. The Kier molecular flexibility index (Phi) is 7.76. The van der Waals surface area contributed by atoms with Crippen LogP contribution in [0.15, 0.2) is 35.7 Å². The average Bonchev–Trinajstić information content (AvgIpc) is 2.90. The normalized spacial score (nSPS) is 12.3. The summed E-state index contributed by atoms with van der Waals surface area (Å²) in [4.78, 5) is 2.05. The second-order valence-corrected chi connectivity index (χ2v) is 7.94. The van der Waals surface area contributed by atoms with Gasteiger partial charge in [-0.25, -0.2) is 0 Å². The number of hydrogen-bond acceptors (Lipinski definition) is 2. The van der Waals surface area contributed by atoms with Gasteiger partial charge in [0.15, 0.2) is 0 Å². The number of alkyl halides is 3. The molecule has 0 amide bonds. The zero-order valence-corrected chi connectivity index (χ0v) is 16.9. The maximum Gasteiger partial charge on any atom is 0.417 e. The lowest BCUT2D eigenvalue weighted by Crippen LogP contribution is -2.17. The molecule has 0 bridgehead atoms. The van der Waals surface area contributed by atoms with Crippen molar-refractivity contribution in [3.8, 4) is 11.8 Å². The molecular weight excluding hydrogens is 379 g/mol. The van der Waals surface area contributed by atoms with E-state index in [0.29, 0.717) is 17.8 Å². The minimum absolute atomic E-state index is 0. The summed E-state index contributed by atoms with van der Waals surface area (Å²) < 4.78 is 39.8. The van der Waals surface area contributed by atoms with Gasteiger partial charge in [0.05, 0.1) is 5.56 Å². The van der Waals surface area contributed by atoms with Crippen LogP contribution in [0.2, 0.25) is 0 Å². The van der Waals surface area contributed by atoms with Gasteiger partial charge in [-0.15, -0.1) is 23.7 Å². The van der Waals surface area contributed by atoms with Gasteiger partial charge in [-0.2, -0.15) is 13.2 Å². The number of halogens is 4. The van der Waals surface area contributed by atoms with Gasteiger partial charge >= 0.3 is 6.18 Å². The molecule has 2 aromatic rings. The summed E-state index contributed by atoms with van der Waals surface area (Å²) >= 11 is 1.16. The van der Waals surface area contributed by atoms with Crippen LogP contribution in [0, 0.1) is 17.3 Å². The van der Waals surface area contributed by atoms with Crippen LogP contribution in [0.25, 0.3) is 10.1 Å². The lowest BCUT2D eigenvalue weighted by molar-refractivity contribution is -0.136. The van der Waals surface area contributed by atoms with E-state index in [-0.39, 0.29) is 23.2 Å². The van der Waals surface area contributed by atoms with Gasteiger partial charge in [0, 0.05) is 34.0 Å². The molecule has 1 nitrogen and oxygen atoms in total. The zero-order valence-electron chi connectivity index (χ0n) is 15.3. The molecule has 26 heavy (non-hydrogen) atoms. The first-order valence-corrected chi connectivity index (χ1v) is 8.88. The summed E-state index contributed by atoms with van der Waals surface area (Å²) in [6.07, 6.45) is -0.513. The van der Waals surface area contributed by atoms with Gasteiger partial charge in [-0.1, -0.05) is 36.1 Å². The first kappa shape index (κ1) is 22.6. The number of rotatable bonds is 4. The Labute approximate surface area is 163 Å². The molecule has 1 aromatic carbocycles. The summed E-state index contributed by atoms with van der Waals surface area (Å²) in [5, 5.41) is 1.49. The van der Waals surface area contributed by atoms with Crippen LogP contribution in [0.4, 0.5) is 13.2 Å². The summed E-state index contributed by atoms with van der Waals surface area (Å²) in [5.41, 5.74) is 0.338. The van der Waals surface area contributed by atoms with Gasteiger partial charge in [0.2, 0.25) is 0 Å². The van der Waals surface area contributed by atoms with Crippen LogP contribution >= 0.6 is 23.7 Å². The SMILES string of the molecule is CN(C/C=C/C#CC(C)(C)C)Cc1cccc2c(C(F)(F)F)csc12.Cl. The Hall–Kier alpha value is -1.48. The van der Waals surface area contributed by atoms with Crippen LogP contribution in [0.5, 0.6) is 0 Å². The maximum atomic E-state index is 13.0. The molecule has 1 aromatic heterocycles. The highest BCUT2D eigenvalue weighted by Crippen LogP contribution is 2.39. The Balaban J connectivity index is 0.00000338. The standard InChI is InChI=1S/C20H22F3NS.ClH/c1-19(2,3)11-6-5-7-12-24(4)13-15-9-8-10-16-17(20(21,22)23)14-25-18(15)16;/h5,7-10,14H,12-13H2,1-4H3;1H/b7-5+;. The highest BCUT2D eigenvalue weighted by atomic mass is 35.5. The first-order valence-electron chi connectivity index (χ1n) is 8.00. The van der Waals surface area contributed by atoms with E-state index in [4.69, 9.17) is 0 Å². The molecule has 0 fully saturated rings. The lowest BCUT2D eigenvalue weighted by atomic mass is 9.98. The Morgan fingerprint density at radius 3 is 2.50 bits per heavy atom. The third-order valence-corrected chi connectivity index (χ3v) is 4.56. The van der Waals surface area contributed by atoms with Gasteiger partial charge in [-0.3, -0.25) is 4.90 Å². The van der Waals surface area contributed by atoms with Crippen molar-refractivity contribution in [1.82, 2.24) is 4.90 Å². The molecule has 0 unspecified atom stereocenters. The number of thiophene rings is 1. The fourth-order valence-corrected chi connectivity index (χ4v) is 3.45. The minimum atomic E-state index is -4.31. The van der Waals surface area contributed by atoms with Crippen LogP contribution in [-0.2, 0) is 12.7 Å². The van der Waals surface area contributed by atoms with Crippen LogP contribution < -0.4 is 0 Å². The molecule has 0 aliphatic rings. The summed E-state index contributed by atoms with van der Waals surface area (Å²) in [6, 6.07) is 5.12. The van der Waals surface area contributed by atoms with Crippen molar-refractivity contribution in [2.75, 3.05) is 13.6 Å². The van der Waals surface area contributed by atoms with Crippen LogP contribution in [0.1, 0.15) is 31.9 Å². The zero-order chi connectivity index (χ0) is 18.7. The molecule has 142 valence electrons. The maximum absolute atomic E-state index is 13.0. The Bertz CT molecular complexity index is 819.